The molecule has 32 heavy (non-hydrogen) atoms. The van der Waals surface area contributed by atoms with E-state index in [2.05, 4.69) is 22.4 Å². The molecule has 1 N–H and O–H groups in total. The number of nitrogens with zero attached hydrogens (tertiary/aromatic N) is 2. The summed E-state index contributed by atoms with van der Waals surface area (Å²) >= 11 is 0. The van der Waals surface area contributed by atoms with Gasteiger partial charge in [0.15, 0.2) is 0 Å². The van der Waals surface area contributed by atoms with Gasteiger partial charge in [-0.25, -0.2) is 4.98 Å². The van der Waals surface area contributed by atoms with Gasteiger partial charge in [0.05, 0.1) is 5.92 Å². The second-order valence-electron chi connectivity index (χ2n) is 8.44. The number of anilines is 1. The standard InChI is InChI=1S/C27H29N3O2/c1-20-13-16-25(28-18-20)29-26(31)23-11-7-17-30(19-23)27(32)24-12-6-5-10-22(24)15-14-21-8-3-2-4-9-21/h2-6,8-10,12-13,16,18,23H,7,11,14-15,17,19H2,1H3,(H,28,29,31). The third-order valence-corrected chi connectivity index (χ3v) is 6.02. The van der Waals surface area contributed by atoms with Crippen molar-refractivity contribution in [3.8, 4) is 0 Å². The minimum absolute atomic E-state index is 0.0135. The van der Waals surface area contributed by atoms with Gasteiger partial charge in [-0.1, -0.05) is 54.6 Å². The van der Waals surface area contributed by atoms with E-state index in [1.54, 1.807) is 6.20 Å². The predicted molar refractivity (Wildman–Crippen MR) is 127 cm³/mol. The van der Waals surface area contributed by atoms with Crippen molar-refractivity contribution in [1.82, 2.24) is 9.88 Å². The molecule has 1 fully saturated rings. The molecule has 3 aromatic rings. The van der Waals surface area contributed by atoms with Crippen molar-refractivity contribution < 1.29 is 9.59 Å². The monoisotopic (exact) mass is 427 g/mol. The number of likely N-dealkylation sites (tertiary alicyclic amines) is 1. The van der Waals surface area contributed by atoms with Crippen molar-refractivity contribution in [1.29, 1.82) is 0 Å². The molecule has 5 heteroatoms. The van der Waals surface area contributed by atoms with Crippen LogP contribution in [0.15, 0.2) is 72.9 Å². The zero-order valence-corrected chi connectivity index (χ0v) is 18.5. The maximum Gasteiger partial charge on any atom is 0.254 e. The van der Waals surface area contributed by atoms with Crippen molar-refractivity contribution in [3.05, 3.63) is 95.2 Å². The summed E-state index contributed by atoms with van der Waals surface area (Å²) in [7, 11) is 0. The third-order valence-electron chi connectivity index (χ3n) is 6.02. The van der Waals surface area contributed by atoms with E-state index in [1.807, 2.05) is 66.4 Å². The molecule has 1 atom stereocenters. The lowest BCUT2D eigenvalue weighted by molar-refractivity contribution is -0.121. The van der Waals surface area contributed by atoms with Crippen LogP contribution in [0.25, 0.3) is 0 Å². The zero-order chi connectivity index (χ0) is 22.3. The molecule has 2 amide bonds. The summed E-state index contributed by atoms with van der Waals surface area (Å²) in [5.41, 5.74) is 4.10. The van der Waals surface area contributed by atoms with Crippen LogP contribution in [0.3, 0.4) is 0 Å². The van der Waals surface area contributed by atoms with Gasteiger partial charge < -0.3 is 10.2 Å². The molecule has 0 bridgehead atoms. The zero-order valence-electron chi connectivity index (χ0n) is 18.5. The van der Waals surface area contributed by atoms with Crippen LogP contribution in [-0.4, -0.2) is 34.8 Å². The van der Waals surface area contributed by atoms with Crippen molar-refractivity contribution in [2.24, 2.45) is 5.92 Å². The fraction of sp³-hybridized carbons (Fsp3) is 0.296. The number of aryl methyl sites for hydroxylation is 3. The second kappa shape index (κ2) is 10.2. The lowest BCUT2D eigenvalue weighted by Crippen LogP contribution is -2.44. The van der Waals surface area contributed by atoms with Gasteiger partial charge in [0, 0.05) is 24.8 Å². The molecular weight excluding hydrogens is 398 g/mol. The normalized spacial score (nSPS) is 15.9. The number of carbonyl (C=O) groups is 2. The highest BCUT2D eigenvalue weighted by atomic mass is 16.2. The fourth-order valence-corrected chi connectivity index (χ4v) is 4.19. The van der Waals surface area contributed by atoms with Crippen LogP contribution in [0.1, 0.15) is 39.9 Å². The van der Waals surface area contributed by atoms with E-state index in [1.165, 1.54) is 5.56 Å². The Bertz CT molecular complexity index is 1060. The Balaban J connectivity index is 1.41. The van der Waals surface area contributed by atoms with E-state index in [4.69, 9.17) is 0 Å². The van der Waals surface area contributed by atoms with Crippen LogP contribution >= 0.6 is 0 Å². The molecule has 1 aliphatic rings. The summed E-state index contributed by atoms with van der Waals surface area (Å²) in [6.45, 7) is 3.07. The number of piperidine rings is 1. The first-order chi connectivity index (χ1) is 15.6. The van der Waals surface area contributed by atoms with Gasteiger partial charge in [-0.05, 0) is 61.4 Å². The molecular formula is C27H29N3O2. The molecule has 1 saturated heterocycles. The van der Waals surface area contributed by atoms with Crippen molar-refractivity contribution in [2.75, 3.05) is 18.4 Å². The number of amides is 2. The first kappa shape index (κ1) is 21.8. The third kappa shape index (κ3) is 5.41. The maximum absolute atomic E-state index is 13.4. The Labute approximate surface area is 189 Å². The number of aromatic nitrogens is 1. The van der Waals surface area contributed by atoms with Crippen molar-refractivity contribution in [2.45, 2.75) is 32.6 Å². The summed E-state index contributed by atoms with van der Waals surface area (Å²) < 4.78 is 0. The molecule has 5 nitrogen and oxygen atoms in total. The molecule has 2 aromatic carbocycles. The Morgan fingerprint density at radius 1 is 1.00 bits per heavy atom. The number of nitrogens with one attached hydrogen (secondary N) is 1. The van der Waals surface area contributed by atoms with Crippen LogP contribution in [0.5, 0.6) is 0 Å². The van der Waals surface area contributed by atoms with Gasteiger partial charge in [0.1, 0.15) is 5.82 Å². The number of benzene rings is 2. The smallest absolute Gasteiger partial charge is 0.254 e. The van der Waals surface area contributed by atoms with Crippen molar-refractivity contribution >= 4 is 17.6 Å². The summed E-state index contributed by atoms with van der Waals surface area (Å²) in [5.74, 6) is 0.262. The van der Waals surface area contributed by atoms with Crippen LogP contribution in [-0.2, 0) is 17.6 Å². The summed E-state index contributed by atoms with van der Waals surface area (Å²) in [6.07, 6.45) is 5.02. The van der Waals surface area contributed by atoms with Crippen LogP contribution < -0.4 is 5.32 Å². The molecule has 164 valence electrons. The van der Waals surface area contributed by atoms with Crippen LogP contribution in [0, 0.1) is 12.8 Å². The van der Waals surface area contributed by atoms with Gasteiger partial charge >= 0.3 is 0 Å². The van der Waals surface area contributed by atoms with E-state index in [-0.39, 0.29) is 17.7 Å². The SMILES string of the molecule is Cc1ccc(NC(=O)C2CCCN(C(=O)c3ccccc3CCc3ccccc3)C2)nc1. The number of hydrogen-bond donors (Lipinski definition) is 1. The molecule has 1 aromatic heterocycles. The Morgan fingerprint density at radius 2 is 1.78 bits per heavy atom. The molecule has 1 aliphatic heterocycles. The van der Waals surface area contributed by atoms with Crippen molar-refractivity contribution in [3.63, 3.8) is 0 Å². The Kier molecular flexibility index (Phi) is 6.95. The topological polar surface area (TPSA) is 62.3 Å². The number of pyridine rings is 1. The number of hydrogen-bond acceptors (Lipinski definition) is 3. The summed E-state index contributed by atoms with van der Waals surface area (Å²) in [5, 5.41) is 2.90. The average Bonchev–Trinajstić information content (AvgIpc) is 2.84. The number of carbonyl (C=O) groups excluding carboxylic acids is 2. The van der Waals surface area contributed by atoms with E-state index in [0.29, 0.717) is 18.9 Å². The first-order valence-corrected chi connectivity index (χ1v) is 11.2. The van der Waals surface area contributed by atoms with Gasteiger partial charge in [-0.3, -0.25) is 9.59 Å². The summed E-state index contributed by atoms with van der Waals surface area (Å²) in [4.78, 5) is 32.3. The minimum Gasteiger partial charge on any atom is -0.338 e. The summed E-state index contributed by atoms with van der Waals surface area (Å²) in [6, 6.07) is 21.9. The van der Waals surface area contributed by atoms with Crippen LogP contribution in [0.4, 0.5) is 5.82 Å². The predicted octanol–water partition coefficient (Wildman–Crippen LogP) is 4.67. The average molecular weight is 428 g/mol. The van der Waals surface area contributed by atoms with Crippen LogP contribution in [0.2, 0.25) is 0 Å². The molecule has 0 aliphatic carbocycles. The Hall–Kier alpha value is -3.47. The maximum atomic E-state index is 13.4. The molecule has 1 unspecified atom stereocenters. The minimum atomic E-state index is -0.229. The largest absolute Gasteiger partial charge is 0.338 e. The quantitative estimate of drug-likeness (QED) is 0.622. The fourth-order valence-electron chi connectivity index (χ4n) is 4.19. The molecule has 0 spiro atoms. The highest BCUT2D eigenvalue weighted by Gasteiger charge is 2.29. The van der Waals surface area contributed by atoms with Gasteiger partial charge in [-0.2, -0.15) is 0 Å². The highest BCUT2D eigenvalue weighted by molar-refractivity contribution is 5.97. The van der Waals surface area contributed by atoms with Gasteiger partial charge in [0.25, 0.3) is 5.91 Å². The molecule has 0 saturated carbocycles. The van der Waals surface area contributed by atoms with E-state index in [9.17, 15) is 9.59 Å². The van der Waals surface area contributed by atoms with E-state index in [0.717, 1.165) is 42.4 Å². The number of rotatable bonds is 6. The first-order valence-electron chi connectivity index (χ1n) is 11.2. The Morgan fingerprint density at radius 3 is 2.56 bits per heavy atom. The lowest BCUT2D eigenvalue weighted by Gasteiger charge is -2.32. The van der Waals surface area contributed by atoms with Gasteiger partial charge in [-0.15, -0.1) is 0 Å². The molecule has 0 radical (unpaired) electrons. The van der Waals surface area contributed by atoms with E-state index >= 15 is 0 Å². The highest BCUT2D eigenvalue weighted by Crippen LogP contribution is 2.22. The second-order valence-corrected chi connectivity index (χ2v) is 8.44. The lowest BCUT2D eigenvalue weighted by atomic mass is 9.94. The molecule has 2 heterocycles. The van der Waals surface area contributed by atoms with Gasteiger partial charge in [0.2, 0.25) is 5.91 Å². The van der Waals surface area contributed by atoms with E-state index < -0.39 is 0 Å². The molecule has 4 rings (SSSR count).